The Hall–Kier alpha value is -1.67. The number of halogens is 2. The molecule has 2 aromatic rings. The normalized spacial score (nSPS) is 10.2. The lowest BCUT2D eigenvalue weighted by molar-refractivity contribution is 0.102. The van der Waals surface area contributed by atoms with Gasteiger partial charge < -0.3 is 15.2 Å². The number of rotatable bonds is 3. The topological polar surface area (TPSA) is 84.3 Å². The number of amides is 1. The fraction of sp³-hybridized carbons (Fsp3) is 0.0833. The number of phenols is 1. The monoisotopic (exact) mass is 401 g/mol. The van der Waals surface area contributed by atoms with Crippen molar-refractivity contribution in [3.05, 3.63) is 39.2 Å². The molecule has 20 heavy (non-hydrogen) atoms. The number of hydrogen-bond acceptors (Lipinski definition) is 5. The summed E-state index contributed by atoms with van der Waals surface area (Å²) in [5, 5.41) is 12.3. The van der Waals surface area contributed by atoms with Crippen LogP contribution in [0.3, 0.4) is 0 Å². The number of aromatic hydroxyl groups is 1. The van der Waals surface area contributed by atoms with Gasteiger partial charge >= 0.3 is 0 Å². The highest BCUT2D eigenvalue weighted by Crippen LogP contribution is 2.25. The zero-order chi connectivity index (χ0) is 14.7. The third kappa shape index (κ3) is 3.26. The van der Waals surface area contributed by atoms with Crippen molar-refractivity contribution in [1.29, 1.82) is 0 Å². The molecule has 1 heterocycles. The molecule has 1 aromatic heterocycles. The molecule has 0 radical (unpaired) electrons. The molecule has 2 rings (SSSR count). The number of nitrogens with zero attached hydrogens (tertiary/aromatic N) is 2. The minimum atomic E-state index is -0.498. The quantitative estimate of drug-likeness (QED) is 0.824. The highest BCUT2D eigenvalue weighted by molar-refractivity contribution is 9.11. The number of methoxy groups -OCH3 is 1. The Morgan fingerprint density at radius 3 is 2.75 bits per heavy atom. The van der Waals surface area contributed by atoms with E-state index in [-0.39, 0.29) is 17.1 Å². The van der Waals surface area contributed by atoms with E-state index in [1.54, 1.807) is 6.07 Å². The summed E-state index contributed by atoms with van der Waals surface area (Å²) in [6.45, 7) is 0. The van der Waals surface area contributed by atoms with Crippen LogP contribution in [-0.4, -0.2) is 28.1 Å². The van der Waals surface area contributed by atoms with Gasteiger partial charge in [0.1, 0.15) is 20.7 Å². The van der Waals surface area contributed by atoms with Gasteiger partial charge in [-0.1, -0.05) is 0 Å². The maximum absolute atomic E-state index is 12.1. The van der Waals surface area contributed by atoms with Crippen LogP contribution in [0.5, 0.6) is 11.5 Å². The lowest BCUT2D eigenvalue weighted by Gasteiger charge is -2.08. The van der Waals surface area contributed by atoms with Gasteiger partial charge in [-0.15, -0.1) is 0 Å². The smallest absolute Gasteiger partial charge is 0.260 e. The van der Waals surface area contributed by atoms with E-state index < -0.39 is 5.91 Å². The second-order valence-corrected chi connectivity index (χ2v) is 5.23. The van der Waals surface area contributed by atoms with Crippen LogP contribution in [0, 0.1) is 0 Å². The van der Waals surface area contributed by atoms with Crippen molar-refractivity contribution in [2.45, 2.75) is 0 Å². The second kappa shape index (κ2) is 6.19. The maximum Gasteiger partial charge on any atom is 0.260 e. The van der Waals surface area contributed by atoms with E-state index in [2.05, 4.69) is 47.1 Å². The molecule has 0 aliphatic heterocycles. The number of ether oxygens (including phenoxy) is 1. The standard InChI is InChI=1S/C12H9Br2N3O3/c1-20-6-2-3-7(8(18)4-6)12(19)17-11-10(14)16-9(13)5-15-11/h2-5,18H,1H3,(H,15,17,19). The Bertz CT molecular complexity index is 664. The van der Waals surface area contributed by atoms with Crippen LogP contribution in [-0.2, 0) is 0 Å². The predicted octanol–water partition coefficient (Wildman–Crippen LogP) is 2.97. The van der Waals surface area contributed by atoms with Crippen molar-refractivity contribution in [1.82, 2.24) is 9.97 Å². The summed E-state index contributed by atoms with van der Waals surface area (Å²) < 4.78 is 5.87. The number of benzene rings is 1. The maximum atomic E-state index is 12.1. The van der Waals surface area contributed by atoms with Crippen LogP contribution in [0.2, 0.25) is 0 Å². The van der Waals surface area contributed by atoms with Crippen molar-refractivity contribution >= 4 is 43.6 Å². The number of hydrogen-bond donors (Lipinski definition) is 2. The van der Waals surface area contributed by atoms with E-state index in [1.165, 1.54) is 25.4 Å². The van der Waals surface area contributed by atoms with Crippen LogP contribution in [0.4, 0.5) is 5.82 Å². The van der Waals surface area contributed by atoms with Crippen LogP contribution >= 0.6 is 31.9 Å². The summed E-state index contributed by atoms with van der Waals surface area (Å²) in [6.07, 6.45) is 1.45. The SMILES string of the molecule is COc1ccc(C(=O)Nc2ncc(Br)nc2Br)c(O)c1. The summed E-state index contributed by atoms with van der Waals surface area (Å²) in [7, 11) is 1.48. The van der Waals surface area contributed by atoms with E-state index in [9.17, 15) is 9.90 Å². The zero-order valence-corrected chi connectivity index (χ0v) is 13.4. The van der Waals surface area contributed by atoms with Gasteiger partial charge in [0.2, 0.25) is 0 Å². The molecule has 0 unspecified atom stereocenters. The largest absolute Gasteiger partial charge is 0.507 e. The molecule has 2 N–H and O–H groups in total. The molecule has 1 aromatic carbocycles. The second-order valence-electron chi connectivity index (χ2n) is 3.67. The van der Waals surface area contributed by atoms with E-state index in [0.29, 0.717) is 15.0 Å². The molecule has 1 amide bonds. The number of nitrogens with one attached hydrogen (secondary N) is 1. The third-order valence-corrected chi connectivity index (χ3v) is 3.32. The minimum absolute atomic E-state index is 0.113. The fourth-order valence-electron chi connectivity index (χ4n) is 1.44. The number of anilines is 1. The molecule has 0 fully saturated rings. The first kappa shape index (κ1) is 14.7. The zero-order valence-electron chi connectivity index (χ0n) is 10.2. The molecule has 8 heteroatoms. The molecule has 6 nitrogen and oxygen atoms in total. The van der Waals surface area contributed by atoms with Gasteiger partial charge in [-0.25, -0.2) is 9.97 Å². The van der Waals surface area contributed by atoms with Gasteiger partial charge in [-0.05, 0) is 44.0 Å². The lowest BCUT2D eigenvalue weighted by atomic mass is 10.2. The number of carbonyl (C=O) groups excluding carboxylic acids is 1. The Morgan fingerprint density at radius 2 is 2.15 bits per heavy atom. The van der Waals surface area contributed by atoms with Crippen LogP contribution in [0.15, 0.2) is 33.6 Å². The summed E-state index contributed by atoms with van der Waals surface area (Å²) in [6, 6.07) is 4.40. The first-order chi connectivity index (χ1) is 9.51. The minimum Gasteiger partial charge on any atom is -0.507 e. The van der Waals surface area contributed by atoms with Crippen LogP contribution in [0.25, 0.3) is 0 Å². The van der Waals surface area contributed by atoms with Gasteiger partial charge in [0, 0.05) is 6.07 Å². The molecular weight excluding hydrogens is 394 g/mol. The molecule has 0 bridgehead atoms. The summed E-state index contributed by atoms with van der Waals surface area (Å²) >= 11 is 6.35. The predicted molar refractivity (Wildman–Crippen MR) is 80.0 cm³/mol. The highest BCUT2D eigenvalue weighted by Gasteiger charge is 2.14. The third-order valence-electron chi connectivity index (χ3n) is 2.38. The summed E-state index contributed by atoms with van der Waals surface area (Å²) in [4.78, 5) is 20.1. The van der Waals surface area contributed by atoms with Crippen molar-refractivity contribution in [2.24, 2.45) is 0 Å². The van der Waals surface area contributed by atoms with Gasteiger partial charge in [0.25, 0.3) is 5.91 Å². The van der Waals surface area contributed by atoms with Crippen molar-refractivity contribution in [3.63, 3.8) is 0 Å². The summed E-state index contributed by atoms with van der Waals surface area (Å²) in [5.41, 5.74) is 0.113. The van der Waals surface area contributed by atoms with E-state index in [0.717, 1.165) is 0 Å². The van der Waals surface area contributed by atoms with Crippen LogP contribution in [0.1, 0.15) is 10.4 Å². The van der Waals surface area contributed by atoms with E-state index >= 15 is 0 Å². The first-order valence-corrected chi connectivity index (χ1v) is 6.96. The van der Waals surface area contributed by atoms with Crippen molar-refractivity contribution in [2.75, 3.05) is 12.4 Å². The fourth-order valence-corrected chi connectivity index (χ4v) is 2.35. The van der Waals surface area contributed by atoms with E-state index in [4.69, 9.17) is 4.74 Å². The number of carbonyl (C=O) groups is 1. The lowest BCUT2D eigenvalue weighted by Crippen LogP contribution is -2.14. The van der Waals surface area contributed by atoms with Gasteiger partial charge in [0.15, 0.2) is 5.82 Å². The van der Waals surface area contributed by atoms with Crippen molar-refractivity contribution < 1.29 is 14.6 Å². The van der Waals surface area contributed by atoms with Gasteiger partial charge in [-0.3, -0.25) is 4.79 Å². The molecule has 0 saturated heterocycles. The Balaban J connectivity index is 2.24. The highest BCUT2D eigenvalue weighted by atomic mass is 79.9. The molecule has 0 atom stereocenters. The summed E-state index contributed by atoms with van der Waals surface area (Å²) in [5.74, 6) is 0.0441. The molecule has 104 valence electrons. The first-order valence-electron chi connectivity index (χ1n) is 5.37. The Kier molecular flexibility index (Phi) is 4.56. The molecular formula is C12H9Br2N3O3. The van der Waals surface area contributed by atoms with Crippen molar-refractivity contribution in [3.8, 4) is 11.5 Å². The van der Waals surface area contributed by atoms with Crippen LogP contribution < -0.4 is 10.1 Å². The molecule has 0 saturated carbocycles. The number of aromatic nitrogens is 2. The average Bonchev–Trinajstić information content (AvgIpc) is 2.41. The molecule has 0 spiro atoms. The Labute approximate surface area is 131 Å². The number of phenolic OH excluding ortho intramolecular Hbond substituents is 1. The van der Waals surface area contributed by atoms with Gasteiger partial charge in [0.05, 0.1) is 18.9 Å². The average molecular weight is 403 g/mol. The molecule has 0 aliphatic rings. The molecule has 0 aliphatic carbocycles. The Morgan fingerprint density at radius 1 is 1.40 bits per heavy atom. The van der Waals surface area contributed by atoms with E-state index in [1.807, 2.05) is 0 Å². The van der Waals surface area contributed by atoms with Gasteiger partial charge in [-0.2, -0.15) is 0 Å².